The molecule has 1 aromatic carbocycles. The molecule has 1 aliphatic heterocycles. The van der Waals surface area contributed by atoms with Gasteiger partial charge in [-0.3, -0.25) is 4.79 Å². The minimum Gasteiger partial charge on any atom is -0.441 e. The Labute approximate surface area is 150 Å². The normalized spacial score (nSPS) is 13.9. The highest BCUT2D eigenvalue weighted by molar-refractivity contribution is 5.92. The fourth-order valence-corrected chi connectivity index (χ4v) is 2.90. The Morgan fingerprint density at radius 2 is 1.93 bits per heavy atom. The molecule has 0 spiro atoms. The van der Waals surface area contributed by atoms with Crippen LogP contribution in [0.1, 0.15) is 28.5 Å². The number of carbonyl (C=O) groups excluding carboxylic acids is 1. The molecule has 6 nitrogen and oxygen atoms in total. The van der Waals surface area contributed by atoms with E-state index in [2.05, 4.69) is 10.1 Å². The fraction of sp³-hybridized carbons (Fsp3) is 0.235. The number of hydrogen-bond acceptors (Lipinski definition) is 4. The minimum atomic E-state index is -2.83. The molecule has 1 amide bonds. The molecule has 3 aromatic rings. The maximum atomic E-state index is 13.4. The monoisotopic (exact) mass is 380 g/mol. The van der Waals surface area contributed by atoms with Gasteiger partial charge in [0.1, 0.15) is 23.1 Å². The van der Waals surface area contributed by atoms with Gasteiger partial charge >= 0.3 is 6.55 Å². The topological polar surface area (TPSA) is 64.2 Å². The van der Waals surface area contributed by atoms with Gasteiger partial charge < -0.3 is 9.32 Å². The van der Waals surface area contributed by atoms with E-state index in [0.717, 1.165) is 24.4 Å². The number of carbonyl (C=O) groups is 1. The Bertz CT molecular complexity index is 994. The van der Waals surface area contributed by atoms with Gasteiger partial charge in [-0.25, -0.2) is 18.4 Å². The number of aromatic nitrogens is 3. The first-order valence-electron chi connectivity index (χ1n) is 7.98. The standard InChI is InChI=1S/C17H12F4N4O2/c18-10-5-9(6-11(19)7-10)15-22-13-8-24(3-2-14(13)27-15)16(26)12-1-4-25(23-12)17(20)21/h1,4-7,17H,2-3,8H2. The average Bonchev–Trinajstić information content (AvgIpc) is 3.27. The maximum absolute atomic E-state index is 13.4. The molecule has 0 atom stereocenters. The number of amides is 1. The summed E-state index contributed by atoms with van der Waals surface area (Å²) in [4.78, 5) is 18.1. The van der Waals surface area contributed by atoms with Gasteiger partial charge in [-0.05, 0) is 18.2 Å². The molecule has 0 N–H and O–H groups in total. The lowest BCUT2D eigenvalue weighted by atomic mass is 10.1. The van der Waals surface area contributed by atoms with Crippen LogP contribution in [-0.2, 0) is 13.0 Å². The lowest BCUT2D eigenvalue weighted by Crippen LogP contribution is -2.36. The second-order valence-corrected chi connectivity index (χ2v) is 5.98. The zero-order valence-electron chi connectivity index (χ0n) is 13.7. The van der Waals surface area contributed by atoms with Gasteiger partial charge in [0, 0.05) is 30.8 Å². The molecule has 0 bridgehead atoms. The molecule has 10 heteroatoms. The van der Waals surface area contributed by atoms with E-state index in [1.165, 1.54) is 11.0 Å². The first-order valence-corrected chi connectivity index (χ1v) is 7.98. The van der Waals surface area contributed by atoms with Crippen molar-refractivity contribution in [2.45, 2.75) is 19.5 Å². The third kappa shape index (κ3) is 3.29. The summed E-state index contributed by atoms with van der Waals surface area (Å²) >= 11 is 0. The number of fused-ring (bicyclic) bond motifs is 1. The summed E-state index contributed by atoms with van der Waals surface area (Å²) < 4.78 is 57.9. The van der Waals surface area contributed by atoms with Crippen LogP contribution in [0.4, 0.5) is 17.6 Å². The van der Waals surface area contributed by atoms with Gasteiger partial charge in [0.25, 0.3) is 5.91 Å². The number of rotatable bonds is 3. The highest BCUT2D eigenvalue weighted by Crippen LogP contribution is 2.27. The molecule has 2 aromatic heterocycles. The first-order chi connectivity index (χ1) is 12.9. The Morgan fingerprint density at radius 1 is 1.19 bits per heavy atom. The Kier molecular flexibility index (Phi) is 4.17. The molecule has 4 rings (SSSR count). The molecule has 0 saturated heterocycles. The van der Waals surface area contributed by atoms with E-state index in [4.69, 9.17) is 4.42 Å². The minimum absolute atomic E-state index is 0.0506. The Hall–Kier alpha value is -3.17. The van der Waals surface area contributed by atoms with E-state index in [1.54, 1.807) is 0 Å². The summed E-state index contributed by atoms with van der Waals surface area (Å²) in [5.74, 6) is -1.46. The van der Waals surface area contributed by atoms with Crippen molar-refractivity contribution in [3.05, 3.63) is 59.2 Å². The number of alkyl halides is 2. The summed E-state index contributed by atoms with van der Waals surface area (Å²) in [5, 5.41) is 3.56. The van der Waals surface area contributed by atoms with Crippen LogP contribution in [0.3, 0.4) is 0 Å². The van der Waals surface area contributed by atoms with E-state index < -0.39 is 24.1 Å². The van der Waals surface area contributed by atoms with Crippen molar-refractivity contribution in [3.8, 4) is 11.5 Å². The van der Waals surface area contributed by atoms with Crippen LogP contribution in [0.25, 0.3) is 11.5 Å². The van der Waals surface area contributed by atoms with Gasteiger partial charge in [-0.2, -0.15) is 13.9 Å². The molecule has 140 valence electrons. The molecule has 1 aliphatic rings. The van der Waals surface area contributed by atoms with Gasteiger partial charge in [0.15, 0.2) is 5.69 Å². The fourth-order valence-electron chi connectivity index (χ4n) is 2.90. The molecule has 3 heterocycles. The summed E-state index contributed by atoms with van der Waals surface area (Å²) in [5.41, 5.74) is 0.493. The van der Waals surface area contributed by atoms with Crippen molar-refractivity contribution in [2.24, 2.45) is 0 Å². The van der Waals surface area contributed by atoms with Crippen LogP contribution in [-0.4, -0.2) is 32.1 Å². The molecule has 0 fully saturated rings. The van der Waals surface area contributed by atoms with Gasteiger partial charge in [0.05, 0.1) is 6.54 Å². The largest absolute Gasteiger partial charge is 0.441 e. The quantitative estimate of drug-likeness (QED) is 0.654. The van der Waals surface area contributed by atoms with E-state index in [1.807, 2.05) is 0 Å². The Morgan fingerprint density at radius 3 is 2.59 bits per heavy atom. The van der Waals surface area contributed by atoms with E-state index in [0.29, 0.717) is 22.6 Å². The Balaban J connectivity index is 1.56. The smallest absolute Gasteiger partial charge is 0.333 e. The average molecular weight is 380 g/mol. The van der Waals surface area contributed by atoms with Crippen molar-refractivity contribution in [1.29, 1.82) is 0 Å². The van der Waals surface area contributed by atoms with Crippen LogP contribution in [0.2, 0.25) is 0 Å². The molecular weight excluding hydrogens is 368 g/mol. The molecule has 0 radical (unpaired) electrons. The highest BCUT2D eigenvalue weighted by Gasteiger charge is 2.28. The number of oxazole rings is 1. The van der Waals surface area contributed by atoms with Crippen molar-refractivity contribution in [2.75, 3.05) is 6.54 Å². The summed E-state index contributed by atoms with van der Waals surface area (Å²) in [7, 11) is 0. The predicted molar refractivity (Wildman–Crippen MR) is 83.8 cm³/mol. The second kappa shape index (κ2) is 6.53. The second-order valence-electron chi connectivity index (χ2n) is 5.98. The van der Waals surface area contributed by atoms with Crippen molar-refractivity contribution in [1.82, 2.24) is 19.7 Å². The maximum Gasteiger partial charge on any atom is 0.333 e. The van der Waals surface area contributed by atoms with Crippen LogP contribution in [0, 0.1) is 11.6 Å². The van der Waals surface area contributed by atoms with Crippen LogP contribution in [0.5, 0.6) is 0 Å². The highest BCUT2D eigenvalue weighted by atomic mass is 19.3. The van der Waals surface area contributed by atoms with Crippen molar-refractivity contribution in [3.63, 3.8) is 0 Å². The van der Waals surface area contributed by atoms with Crippen molar-refractivity contribution >= 4 is 5.91 Å². The van der Waals surface area contributed by atoms with Gasteiger partial charge in [-0.15, -0.1) is 0 Å². The number of hydrogen-bond donors (Lipinski definition) is 0. The summed E-state index contributed by atoms with van der Waals surface area (Å²) in [6, 6.07) is 4.15. The first kappa shape index (κ1) is 17.3. The predicted octanol–water partition coefficient (Wildman–Crippen LogP) is 3.41. The third-order valence-corrected chi connectivity index (χ3v) is 4.15. The molecular formula is C17H12F4N4O2. The van der Waals surface area contributed by atoms with Crippen LogP contribution in [0.15, 0.2) is 34.9 Å². The third-order valence-electron chi connectivity index (χ3n) is 4.15. The molecule has 0 saturated carbocycles. The van der Waals surface area contributed by atoms with E-state index in [9.17, 15) is 22.4 Å². The molecule has 0 unspecified atom stereocenters. The van der Waals surface area contributed by atoms with Crippen molar-refractivity contribution < 1.29 is 26.8 Å². The SMILES string of the molecule is O=C(c1ccn(C(F)F)n1)N1CCc2oc(-c3cc(F)cc(F)c3)nc2C1. The van der Waals surface area contributed by atoms with Gasteiger partial charge in [-0.1, -0.05) is 0 Å². The lowest BCUT2D eigenvalue weighted by Gasteiger charge is -2.24. The molecule has 0 aliphatic carbocycles. The van der Waals surface area contributed by atoms with Gasteiger partial charge in [0.2, 0.25) is 5.89 Å². The molecule has 27 heavy (non-hydrogen) atoms. The number of halogens is 4. The summed E-state index contributed by atoms with van der Waals surface area (Å²) in [6.45, 7) is -2.47. The zero-order valence-corrected chi connectivity index (χ0v) is 13.7. The van der Waals surface area contributed by atoms with E-state index >= 15 is 0 Å². The lowest BCUT2D eigenvalue weighted by molar-refractivity contribution is 0.0549. The van der Waals surface area contributed by atoms with Crippen LogP contribution >= 0.6 is 0 Å². The van der Waals surface area contributed by atoms with E-state index in [-0.39, 0.29) is 30.2 Å². The van der Waals surface area contributed by atoms with Crippen LogP contribution < -0.4 is 0 Å². The number of nitrogens with zero attached hydrogens (tertiary/aromatic N) is 4. The summed E-state index contributed by atoms with van der Waals surface area (Å²) in [6.07, 6.45) is 1.36. The zero-order chi connectivity index (χ0) is 19.1. The number of benzene rings is 1.